The molecule has 1 atom stereocenters. The number of hydrogen-bond acceptors (Lipinski definition) is 5. The van der Waals surface area contributed by atoms with Gasteiger partial charge in [0.25, 0.3) is 0 Å². The van der Waals surface area contributed by atoms with Crippen molar-refractivity contribution in [2.24, 2.45) is 5.92 Å². The van der Waals surface area contributed by atoms with Crippen LogP contribution in [-0.2, 0) is 4.79 Å². The molecule has 11 heteroatoms. The highest BCUT2D eigenvalue weighted by Crippen LogP contribution is 2.17. The van der Waals surface area contributed by atoms with Gasteiger partial charge >= 0.3 is 12.2 Å². The second-order valence-corrected chi connectivity index (χ2v) is 5.33. The number of nitrogens with zero attached hydrogens (tertiary/aromatic N) is 3. The number of aromatic nitrogens is 2. The van der Waals surface area contributed by atoms with E-state index in [0.29, 0.717) is 19.5 Å². The Balaban J connectivity index is 1.80. The predicted molar refractivity (Wildman–Crippen MR) is 76.3 cm³/mol. The Labute approximate surface area is 135 Å². The van der Waals surface area contributed by atoms with Crippen LogP contribution in [0, 0.1) is 5.92 Å². The summed E-state index contributed by atoms with van der Waals surface area (Å²) < 4.78 is 40.7. The second kappa shape index (κ2) is 7.32. The molecule has 24 heavy (non-hydrogen) atoms. The van der Waals surface area contributed by atoms with Crippen LogP contribution in [0.4, 0.5) is 23.8 Å². The van der Waals surface area contributed by atoms with Crippen LogP contribution in [-0.4, -0.2) is 59.7 Å². The van der Waals surface area contributed by atoms with E-state index in [4.69, 9.17) is 0 Å². The van der Waals surface area contributed by atoms with E-state index in [9.17, 15) is 22.8 Å². The number of ether oxygens (including phenoxy) is 1. The van der Waals surface area contributed by atoms with Gasteiger partial charge in [-0.15, -0.1) is 0 Å². The Morgan fingerprint density at radius 2 is 2.21 bits per heavy atom. The molecule has 0 aliphatic carbocycles. The molecule has 1 aliphatic rings. The molecule has 1 saturated heterocycles. The summed E-state index contributed by atoms with van der Waals surface area (Å²) in [6.07, 6.45) is -1.95. The first-order chi connectivity index (χ1) is 11.2. The van der Waals surface area contributed by atoms with E-state index >= 15 is 0 Å². The molecule has 1 aliphatic heterocycles. The van der Waals surface area contributed by atoms with Crippen LogP contribution in [0.25, 0.3) is 0 Å². The number of alkyl halides is 3. The van der Waals surface area contributed by atoms with E-state index in [-0.39, 0.29) is 23.5 Å². The lowest BCUT2D eigenvalue weighted by molar-refractivity contribution is -0.154. The van der Waals surface area contributed by atoms with Crippen molar-refractivity contribution in [2.45, 2.75) is 12.6 Å². The number of hydrogen-bond donors (Lipinski definition) is 2. The molecule has 1 fully saturated rings. The Hall–Kier alpha value is -2.59. The molecule has 8 nitrogen and oxygen atoms in total. The Bertz CT molecular complexity index is 611. The lowest BCUT2D eigenvalue weighted by atomic mass is 10.1. The summed E-state index contributed by atoms with van der Waals surface area (Å²) in [4.78, 5) is 32.1. The van der Waals surface area contributed by atoms with Crippen molar-refractivity contribution in [2.75, 3.05) is 32.1 Å². The van der Waals surface area contributed by atoms with E-state index in [2.05, 4.69) is 25.3 Å². The number of amides is 3. The normalized spacial score (nSPS) is 17.8. The third-order valence-electron chi connectivity index (χ3n) is 3.21. The zero-order chi connectivity index (χ0) is 17.7. The first kappa shape index (κ1) is 17.8. The SMILES string of the molecule is CN1C[C@@H](CNC(=O)Nc2cncc(OCC(F)(F)F)n2)CC1=O. The minimum Gasteiger partial charge on any atom is -0.467 e. The van der Waals surface area contributed by atoms with Crippen molar-refractivity contribution in [3.05, 3.63) is 12.4 Å². The smallest absolute Gasteiger partial charge is 0.422 e. The third-order valence-corrected chi connectivity index (χ3v) is 3.21. The van der Waals surface area contributed by atoms with Gasteiger partial charge in [-0.3, -0.25) is 15.1 Å². The fourth-order valence-corrected chi connectivity index (χ4v) is 2.12. The Morgan fingerprint density at radius 3 is 2.83 bits per heavy atom. The largest absolute Gasteiger partial charge is 0.467 e. The van der Waals surface area contributed by atoms with E-state index in [1.54, 1.807) is 11.9 Å². The number of rotatable bonds is 5. The van der Waals surface area contributed by atoms with Crippen LogP contribution in [0.5, 0.6) is 5.88 Å². The highest BCUT2D eigenvalue weighted by Gasteiger charge is 2.29. The van der Waals surface area contributed by atoms with Crippen LogP contribution in [0.15, 0.2) is 12.4 Å². The lowest BCUT2D eigenvalue weighted by Gasteiger charge is -2.12. The molecule has 0 aromatic carbocycles. The van der Waals surface area contributed by atoms with Gasteiger partial charge < -0.3 is 15.0 Å². The molecule has 0 bridgehead atoms. The first-order valence-corrected chi connectivity index (χ1v) is 7.03. The van der Waals surface area contributed by atoms with Gasteiger partial charge in [0.2, 0.25) is 11.8 Å². The summed E-state index contributed by atoms with van der Waals surface area (Å²) in [6.45, 7) is -0.653. The molecule has 0 spiro atoms. The van der Waals surface area contributed by atoms with Crippen LogP contribution < -0.4 is 15.4 Å². The fraction of sp³-hybridized carbons (Fsp3) is 0.538. The van der Waals surface area contributed by atoms with Gasteiger partial charge in [0.1, 0.15) is 0 Å². The topological polar surface area (TPSA) is 96.5 Å². The second-order valence-electron chi connectivity index (χ2n) is 5.33. The summed E-state index contributed by atoms with van der Waals surface area (Å²) in [5.41, 5.74) is 0. The van der Waals surface area contributed by atoms with Crippen molar-refractivity contribution in [3.63, 3.8) is 0 Å². The minimum atomic E-state index is -4.49. The van der Waals surface area contributed by atoms with Gasteiger partial charge in [-0.05, 0) is 0 Å². The molecular weight excluding hydrogens is 331 g/mol. The monoisotopic (exact) mass is 347 g/mol. The van der Waals surface area contributed by atoms with Gasteiger partial charge in [-0.1, -0.05) is 0 Å². The number of anilines is 1. The zero-order valence-electron chi connectivity index (χ0n) is 12.8. The number of nitrogens with one attached hydrogen (secondary N) is 2. The molecule has 132 valence electrons. The molecule has 0 saturated carbocycles. The van der Waals surface area contributed by atoms with Crippen LogP contribution in [0.1, 0.15) is 6.42 Å². The molecule has 2 N–H and O–H groups in total. The third kappa shape index (κ3) is 5.56. The van der Waals surface area contributed by atoms with E-state index in [1.807, 2.05) is 0 Å². The molecule has 2 heterocycles. The standard InChI is InChI=1S/C13H16F3N5O3/c1-21-6-8(2-11(21)22)3-18-12(23)20-9-4-17-5-10(19-9)24-7-13(14,15)16/h4-5,8H,2-3,6-7H2,1H3,(H2,18,19,20,23)/t8-/m1/s1. The zero-order valence-corrected chi connectivity index (χ0v) is 12.8. The summed E-state index contributed by atoms with van der Waals surface area (Å²) in [6, 6.07) is -0.598. The van der Waals surface area contributed by atoms with Crippen molar-refractivity contribution in [1.29, 1.82) is 0 Å². The van der Waals surface area contributed by atoms with Crippen molar-refractivity contribution >= 4 is 17.8 Å². The van der Waals surface area contributed by atoms with Gasteiger partial charge in [0.15, 0.2) is 12.4 Å². The molecule has 1 aromatic rings. The maximum absolute atomic E-state index is 12.1. The highest BCUT2D eigenvalue weighted by molar-refractivity contribution is 5.88. The number of likely N-dealkylation sites (tertiary alicyclic amines) is 1. The van der Waals surface area contributed by atoms with Crippen molar-refractivity contribution in [3.8, 4) is 5.88 Å². The van der Waals surface area contributed by atoms with E-state index < -0.39 is 18.8 Å². The molecule has 1 aromatic heterocycles. The molecule has 0 radical (unpaired) electrons. The van der Waals surface area contributed by atoms with Gasteiger partial charge in [-0.2, -0.15) is 18.2 Å². The number of halogens is 3. The Morgan fingerprint density at radius 1 is 1.46 bits per heavy atom. The van der Waals surface area contributed by atoms with Crippen LogP contribution in [0.2, 0.25) is 0 Å². The Kier molecular flexibility index (Phi) is 5.42. The van der Waals surface area contributed by atoms with Gasteiger partial charge in [-0.25, -0.2) is 4.79 Å². The fourth-order valence-electron chi connectivity index (χ4n) is 2.12. The van der Waals surface area contributed by atoms with E-state index in [1.165, 1.54) is 6.20 Å². The average molecular weight is 347 g/mol. The highest BCUT2D eigenvalue weighted by atomic mass is 19.4. The summed E-state index contributed by atoms with van der Waals surface area (Å²) >= 11 is 0. The van der Waals surface area contributed by atoms with Crippen LogP contribution in [0.3, 0.4) is 0 Å². The van der Waals surface area contributed by atoms with Crippen LogP contribution >= 0.6 is 0 Å². The molecule has 3 amide bonds. The summed E-state index contributed by atoms with van der Waals surface area (Å²) in [5.74, 6) is -0.372. The predicted octanol–water partition coefficient (Wildman–Crippen LogP) is 1.02. The summed E-state index contributed by atoms with van der Waals surface area (Å²) in [5, 5.41) is 4.91. The number of urea groups is 1. The maximum atomic E-state index is 12.1. The van der Waals surface area contributed by atoms with Crippen molar-refractivity contribution < 1.29 is 27.5 Å². The van der Waals surface area contributed by atoms with Gasteiger partial charge in [0.05, 0.1) is 12.4 Å². The molecule has 2 rings (SSSR count). The lowest BCUT2D eigenvalue weighted by Crippen LogP contribution is -2.34. The summed E-state index contributed by atoms with van der Waals surface area (Å²) in [7, 11) is 1.68. The molecular formula is C13H16F3N5O3. The van der Waals surface area contributed by atoms with E-state index in [0.717, 1.165) is 6.20 Å². The van der Waals surface area contributed by atoms with Crippen molar-refractivity contribution in [1.82, 2.24) is 20.2 Å². The quantitative estimate of drug-likeness (QED) is 0.829. The number of carbonyl (C=O) groups is 2. The first-order valence-electron chi connectivity index (χ1n) is 7.03. The molecule has 0 unspecified atom stereocenters. The maximum Gasteiger partial charge on any atom is 0.422 e. The average Bonchev–Trinajstić information content (AvgIpc) is 2.82. The number of carbonyl (C=O) groups excluding carboxylic acids is 2. The minimum absolute atomic E-state index is 0.0146. The van der Waals surface area contributed by atoms with Gasteiger partial charge in [0, 0.05) is 32.5 Å².